The van der Waals surface area contributed by atoms with E-state index >= 15 is 0 Å². The average molecular weight is 440 g/mol. The number of thiophene rings is 1. The summed E-state index contributed by atoms with van der Waals surface area (Å²) in [5, 5.41) is 0.859. The van der Waals surface area contributed by atoms with Gasteiger partial charge in [0.25, 0.3) is 17.0 Å². The molecule has 0 saturated carbocycles. The number of allylic oxidation sites excluding steroid dienone is 1. The summed E-state index contributed by atoms with van der Waals surface area (Å²) in [6, 6.07) is 6.39. The standard InChI is InChI=1S/C20H17N5O3S2/c1-3-7-24-18(27)13-6-5-11(8-15(13)22-20(24)29)16(26)23-25-10-21-17-14(19(25)28)9-12(4-2)30-17/h3,5-6,8-10H,1,4,7H2,2H3,(H,22,29)(H,23,26). The molecule has 0 aliphatic rings. The Morgan fingerprint density at radius 2 is 2.10 bits per heavy atom. The Bertz CT molecular complexity index is 1490. The molecule has 0 unspecified atom stereocenters. The summed E-state index contributed by atoms with van der Waals surface area (Å²) in [5.41, 5.74) is 2.62. The number of amides is 1. The van der Waals surface area contributed by atoms with E-state index in [-0.39, 0.29) is 28.0 Å². The molecule has 4 aromatic rings. The number of hydrogen-bond acceptors (Lipinski definition) is 6. The van der Waals surface area contributed by atoms with Crippen LogP contribution in [-0.2, 0) is 13.0 Å². The van der Waals surface area contributed by atoms with Crippen molar-refractivity contribution in [2.75, 3.05) is 5.43 Å². The number of H-pyrrole nitrogens is 1. The van der Waals surface area contributed by atoms with Crippen molar-refractivity contribution in [2.24, 2.45) is 0 Å². The largest absolute Gasteiger partial charge is 0.332 e. The Kier molecular flexibility index (Phi) is 5.18. The molecule has 0 radical (unpaired) electrons. The molecule has 152 valence electrons. The summed E-state index contributed by atoms with van der Waals surface area (Å²) >= 11 is 6.68. The Labute approximate surface area is 179 Å². The number of aromatic nitrogens is 4. The van der Waals surface area contributed by atoms with Crippen molar-refractivity contribution < 1.29 is 4.79 Å². The topological polar surface area (TPSA) is 102 Å². The lowest BCUT2D eigenvalue weighted by Crippen LogP contribution is -2.33. The highest BCUT2D eigenvalue weighted by molar-refractivity contribution is 7.71. The maximum absolute atomic E-state index is 12.7. The van der Waals surface area contributed by atoms with Crippen LogP contribution in [0.15, 0.2) is 52.8 Å². The van der Waals surface area contributed by atoms with Gasteiger partial charge in [-0.2, -0.15) is 0 Å². The molecule has 0 atom stereocenters. The van der Waals surface area contributed by atoms with E-state index in [1.54, 1.807) is 18.2 Å². The summed E-state index contributed by atoms with van der Waals surface area (Å²) in [7, 11) is 0. The normalized spacial score (nSPS) is 11.1. The molecule has 3 aromatic heterocycles. The molecule has 0 fully saturated rings. The zero-order valence-corrected chi connectivity index (χ0v) is 17.6. The Morgan fingerprint density at radius 1 is 1.30 bits per heavy atom. The van der Waals surface area contributed by atoms with Crippen LogP contribution in [0.25, 0.3) is 21.1 Å². The second-order valence-corrected chi connectivity index (χ2v) is 8.04. The van der Waals surface area contributed by atoms with Crippen LogP contribution in [0.1, 0.15) is 22.2 Å². The smallest absolute Gasteiger partial charge is 0.280 e. The van der Waals surface area contributed by atoms with Crippen molar-refractivity contribution in [3.05, 3.63) is 79.2 Å². The van der Waals surface area contributed by atoms with E-state index in [1.165, 1.54) is 34.4 Å². The summed E-state index contributed by atoms with van der Waals surface area (Å²) in [4.78, 5) is 46.9. The lowest BCUT2D eigenvalue weighted by atomic mass is 10.1. The summed E-state index contributed by atoms with van der Waals surface area (Å²) in [5.74, 6) is -0.513. The Balaban J connectivity index is 1.71. The first-order valence-electron chi connectivity index (χ1n) is 9.12. The van der Waals surface area contributed by atoms with Crippen LogP contribution in [0.5, 0.6) is 0 Å². The number of hydrogen-bond donors (Lipinski definition) is 2. The molecule has 10 heteroatoms. The number of nitrogens with zero attached hydrogens (tertiary/aromatic N) is 3. The van der Waals surface area contributed by atoms with Crippen molar-refractivity contribution in [1.29, 1.82) is 0 Å². The quantitative estimate of drug-likeness (QED) is 0.368. The van der Waals surface area contributed by atoms with Crippen molar-refractivity contribution in [3.8, 4) is 0 Å². The molecule has 2 N–H and O–H groups in total. The van der Waals surface area contributed by atoms with Gasteiger partial charge in [-0.1, -0.05) is 13.0 Å². The van der Waals surface area contributed by atoms with Crippen LogP contribution in [-0.4, -0.2) is 25.1 Å². The predicted octanol–water partition coefficient (Wildman–Crippen LogP) is 2.96. The number of benzene rings is 1. The third-order valence-electron chi connectivity index (χ3n) is 4.63. The molecule has 1 amide bonds. The lowest BCUT2D eigenvalue weighted by Gasteiger charge is -2.09. The highest BCUT2D eigenvalue weighted by Crippen LogP contribution is 2.20. The molecule has 3 heterocycles. The second-order valence-electron chi connectivity index (χ2n) is 6.54. The molecular formula is C20H17N5O3S2. The van der Waals surface area contributed by atoms with Crippen molar-refractivity contribution in [2.45, 2.75) is 19.9 Å². The highest BCUT2D eigenvalue weighted by Gasteiger charge is 2.13. The molecule has 30 heavy (non-hydrogen) atoms. The van der Waals surface area contributed by atoms with Gasteiger partial charge < -0.3 is 4.98 Å². The van der Waals surface area contributed by atoms with Gasteiger partial charge in [-0.15, -0.1) is 17.9 Å². The number of rotatable bonds is 5. The molecule has 0 aliphatic heterocycles. The van der Waals surface area contributed by atoms with Crippen molar-refractivity contribution >= 4 is 50.6 Å². The van der Waals surface area contributed by atoms with Crippen molar-refractivity contribution in [1.82, 2.24) is 19.2 Å². The Hall–Kier alpha value is -3.37. The molecule has 0 spiro atoms. The number of fused-ring (bicyclic) bond motifs is 2. The fourth-order valence-corrected chi connectivity index (χ4v) is 4.28. The van der Waals surface area contributed by atoms with Crippen LogP contribution in [0.2, 0.25) is 0 Å². The minimum Gasteiger partial charge on any atom is -0.332 e. The van der Waals surface area contributed by atoms with Gasteiger partial charge in [0.1, 0.15) is 11.2 Å². The fraction of sp³-hybridized carbons (Fsp3) is 0.150. The fourth-order valence-electron chi connectivity index (χ4n) is 3.09. The third kappa shape index (κ3) is 3.40. The van der Waals surface area contributed by atoms with Gasteiger partial charge in [-0.25, -0.2) is 9.66 Å². The van der Waals surface area contributed by atoms with E-state index in [1.807, 2.05) is 6.92 Å². The van der Waals surface area contributed by atoms with E-state index in [2.05, 4.69) is 22.0 Å². The summed E-state index contributed by atoms with van der Waals surface area (Å²) in [6.45, 7) is 5.91. The summed E-state index contributed by atoms with van der Waals surface area (Å²) in [6.07, 6.45) is 3.68. The number of aromatic amines is 1. The van der Waals surface area contributed by atoms with Crippen LogP contribution in [0.3, 0.4) is 0 Å². The number of aryl methyl sites for hydroxylation is 1. The minimum atomic E-state index is -0.513. The van der Waals surface area contributed by atoms with E-state index in [0.29, 0.717) is 21.1 Å². The number of carbonyl (C=O) groups is 1. The number of nitrogens with one attached hydrogen (secondary N) is 2. The van der Waals surface area contributed by atoms with Gasteiger partial charge in [0.15, 0.2) is 4.77 Å². The number of carbonyl (C=O) groups excluding carboxylic acids is 1. The molecule has 8 nitrogen and oxygen atoms in total. The zero-order valence-electron chi connectivity index (χ0n) is 16.0. The third-order valence-corrected chi connectivity index (χ3v) is 6.14. The minimum absolute atomic E-state index is 0.236. The molecule has 0 aliphatic carbocycles. The van der Waals surface area contributed by atoms with Crippen LogP contribution < -0.4 is 16.5 Å². The molecule has 0 saturated heterocycles. The monoisotopic (exact) mass is 439 g/mol. The van der Waals surface area contributed by atoms with Crippen LogP contribution in [0, 0.1) is 4.77 Å². The lowest BCUT2D eigenvalue weighted by molar-refractivity contribution is 0.101. The van der Waals surface area contributed by atoms with Gasteiger partial charge >= 0.3 is 0 Å². The molecule has 4 rings (SSSR count). The maximum atomic E-state index is 12.7. The Morgan fingerprint density at radius 3 is 2.83 bits per heavy atom. The first-order chi connectivity index (χ1) is 14.4. The summed E-state index contributed by atoms with van der Waals surface area (Å²) < 4.78 is 2.68. The van der Waals surface area contributed by atoms with E-state index in [9.17, 15) is 14.4 Å². The SMILES string of the molecule is C=CCn1c(=S)[nH]c2cc(C(=O)Nn3cnc4sc(CC)cc4c3=O)ccc2c1=O. The van der Waals surface area contributed by atoms with Gasteiger partial charge in [-0.3, -0.25) is 24.4 Å². The van der Waals surface area contributed by atoms with E-state index in [4.69, 9.17) is 12.2 Å². The van der Waals surface area contributed by atoms with E-state index < -0.39 is 5.91 Å². The van der Waals surface area contributed by atoms with E-state index in [0.717, 1.165) is 16.0 Å². The van der Waals surface area contributed by atoms with Gasteiger partial charge in [-0.05, 0) is 42.9 Å². The first-order valence-corrected chi connectivity index (χ1v) is 10.3. The predicted molar refractivity (Wildman–Crippen MR) is 121 cm³/mol. The van der Waals surface area contributed by atoms with Gasteiger partial charge in [0, 0.05) is 17.0 Å². The van der Waals surface area contributed by atoms with Gasteiger partial charge in [0.2, 0.25) is 0 Å². The first kappa shape index (κ1) is 19.9. The highest BCUT2D eigenvalue weighted by atomic mass is 32.1. The molecular weight excluding hydrogens is 422 g/mol. The zero-order chi connectivity index (χ0) is 21.4. The average Bonchev–Trinajstić information content (AvgIpc) is 3.17. The second kappa shape index (κ2) is 7.81. The van der Waals surface area contributed by atoms with Gasteiger partial charge in [0.05, 0.1) is 16.3 Å². The molecule has 1 aromatic carbocycles. The van der Waals surface area contributed by atoms with Crippen LogP contribution in [0.4, 0.5) is 0 Å². The van der Waals surface area contributed by atoms with Crippen molar-refractivity contribution in [3.63, 3.8) is 0 Å². The van der Waals surface area contributed by atoms with Crippen LogP contribution >= 0.6 is 23.6 Å². The molecule has 0 bridgehead atoms. The maximum Gasteiger partial charge on any atom is 0.280 e.